The summed E-state index contributed by atoms with van der Waals surface area (Å²) in [4.78, 5) is 29.4. The van der Waals surface area contributed by atoms with Crippen molar-refractivity contribution in [2.45, 2.75) is 70.3 Å². The van der Waals surface area contributed by atoms with E-state index in [1.807, 2.05) is 30.3 Å². The molecule has 1 fully saturated rings. The first kappa shape index (κ1) is 29.5. The average molecular weight is 584 g/mol. The third-order valence-corrected chi connectivity index (χ3v) is 8.84. The monoisotopic (exact) mass is 582 g/mol. The number of thioether (sulfide) groups is 1. The van der Waals surface area contributed by atoms with E-state index >= 15 is 0 Å². The summed E-state index contributed by atoms with van der Waals surface area (Å²) in [6.45, 7) is 4.33. The number of nitrogens with zero attached hydrogens (tertiary/aromatic N) is 1. The normalized spacial score (nSPS) is 14.3. The molecule has 0 spiro atoms. The van der Waals surface area contributed by atoms with Gasteiger partial charge in [0.25, 0.3) is 0 Å². The summed E-state index contributed by atoms with van der Waals surface area (Å²) in [5, 5.41) is 4.21. The highest BCUT2D eigenvalue weighted by atomic mass is 35.5. The van der Waals surface area contributed by atoms with Crippen LogP contribution in [0.4, 0.5) is 0 Å². The number of benzene rings is 3. The Hall–Kier alpha value is -2.47. The van der Waals surface area contributed by atoms with Gasteiger partial charge < -0.3 is 10.2 Å². The fourth-order valence-corrected chi connectivity index (χ4v) is 6.63. The van der Waals surface area contributed by atoms with Crippen LogP contribution in [0, 0.1) is 13.8 Å². The van der Waals surface area contributed by atoms with E-state index in [-0.39, 0.29) is 30.2 Å². The van der Waals surface area contributed by atoms with Crippen LogP contribution >= 0.6 is 35.0 Å². The third kappa shape index (κ3) is 8.51. The number of carbonyl (C=O) groups is 2. The lowest BCUT2D eigenvalue weighted by Crippen LogP contribution is -2.52. The molecule has 3 aromatic rings. The molecular weight excluding hydrogens is 547 g/mol. The van der Waals surface area contributed by atoms with Gasteiger partial charge in [-0.2, -0.15) is 0 Å². The van der Waals surface area contributed by atoms with E-state index in [9.17, 15) is 9.59 Å². The van der Waals surface area contributed by atoms with Gasteiger partial charge in [0.1, 0.15) is 6.04 Å². The van der Waals surface area contributed by atoms with Crippen molar-refractivity contribution in [3.63, 3.8) is 0 Å². The van der Waals surface area contributed by atoms with E-state index in [2.05, 4.69) is 37.4 Å². The first-order valence-corrected chi connectivity index (χ1v) is 15.4. The van der Waals surface area contributed by atoms with E-state index in [0.29, 0.717) is 27.8 Å². The number of halogens is 2. The van der Waals surface area contributed by atoms with Gasteiger partial charge in [-0.25, -0.2) is 0 Å². The Morgan fingerprint density at radius 1 is 0.923 bits per heavy atom. The minimum absolute atomic E-state index is 0.108. The molecular formula is C32H36Cl2N2O2S. The largest absolute Gasteiger partial charge is 0.352 e. The van der Waals surface area contributed by atoms with E-state index in [1.54, 1.807) is 34.9 Å². The average Bonchev–Trinajstić information content (AvgIpc) is 3.40. The zero-order valence-electron chi connectivity index (χ0n) is 22.6. The Morgan fingerprint density at radius 2 is 1.56 bits per heavy atom. The van der Waals surface area contributed by atoms with E-state index in [0.717, 1.165) is 31.2 Å². The molecule has 0 bridgehead atoms. The molecule has 1 N–H and O–H groups in total. The quantitative estimate of drug-likeness (QED) is 0.254. The minimum atomic E-state index is -0.686. The lowest BCUT2D eigenvalue weighted by molar-refractivity contribution is -0.139. The van der Waals surface area contributed by atoms with Gasteiger partial charge in [-0.1, -0.05) is 102 Å². The molecule has 2 amide bonds. The van der Waals surface area contributed by atoms with Crippen LogP contribution in [0.15, 0.2) is 66.7 Å². The first-order valence-electron chi connectivity index (χ1n) is 13.5. The standard InChI is InChI=1S/C32H36Cl2N2O2S/c1-22-15-23(2)17-25(16-22)20-39-21-31(37)36(19-27-28(33)13-8-14-29(27)34)30(18-24-9-4-3-5-10-24)32(38)35-26-11-6-7-12-26/h3-5,8-10,13-17,26,30H,6-7,11-12,18-21H2,1-2H3,(H,35,38)/t30-/m0/s1. The molecule has 0 saturated heterocycles. The molecule has 0 unspecified atom stereocenters. The third-order valence-electron chi connectivity index (χ3n) is 7.14. The van der Waals surface area contributed by atoms with Crippen molar-refractivity contribution in [1.82, 2.24) is 10.2 Å². The topological polar surface area (TPSA) is 49.4 Å². The predicted octanol–water partition coefficient (Wildman–Crippen LogP) is 7.54. The fourth-order valence-electron chi connectivity index (χ4n) is 5.27. The van der Waals surface area contributed by atoms with E-state index in [1.165, 1.54) is 16.7 Å². The lowest BCUT2D eigenvalue weighted by atomic mass is 10.0. The Labute approximate surface area is 246 Å². The van der Waals surface area contributed by atoms with Crippen molar-refractivity contribution in [1.29, 1.82) is 0 Å². The highest BCUT2D eigenvalue weighted by molar-refractivity contribution is 7.99. The van der Waals surface area contributed by atoms with Gasteiger partial charge in [0, 0.05) is 40.4 Å². The van der Waals surface area contributed by atoms with Gasteiger partial charge in [-0.15, -0.1) is 11.8 Å². The molecule has 1 aliphatic rings. The van der Waals surface area contributed by atoms with Crippen molar-refractivity contribution in [3.8, 4) is 0 Å². The van der Waals surface area contributed by atoms with Crippen LogP contribution < -0.4 is 5.32 Å². The molecule has 39 heavy (non-hydrogen) atoms. The van der Waals surface area contributed by atoms with E-state index in [4.69, 9.17) is 23.2 Å². The maximum Gasteiger partial charge on any atom is 0.243 e. The summed E-state index contributed by atoms with van der Waals surface area (Å²) >= 11 is 14.7. The zero-order chi connectivity index (χ0) is 27.8. The molecule has 3 aromatic carbocycles. The molecule has 1 saturated carbocycles. The second-order valence-electron chi connectivity index (χ2n) is 10.4. The van der Waals surface area contributed by atoms with Crippen LogP contribution in [-0.4, -0.2) is 34.6 Å². The van der Waals surface area contributed by atoms with Crippen LogP contribution in [-0.2, 0) is 28.3 Å². The van der Waals surface area contributed by atoms with Crippen molar-refractivity contribution in [2.24, 2.45) is 0 Å². The summed E-state index contributed by atoms with van der Waals surface area (Å²) < 4.78 is 0. The maximum absolute atomic E-state index is 13.9. The predicted molar refractivity (Wildman–Crippen MR) is 163 cm³/mol. The molecule has 1 aliphatic carbocycles. The molecule has 0 heterocycles. The summed E-state index contributed by atoms with van der Waals surface area (Å²) in [7, 11) is 0. The second kappa shape index (κ2) is 14.2. The maximum atomic E-state index is 13.9. The Kier molecular flexibility index (Phi) is 10.8. The fraction of sp³-hybridized carbons (Fsp3) is 0.375. The highest BCUT2D eigenvalue weighted by Crippen LogP contribution is 2.28. The van der Waals surface area contributed by atoms with Gasteiger partial charge in [-0.3, -0.25) is 9.59 Å². The number of aryl methyl sites for hydroxylation is 2. The molecule has 1 atom stereocenters. The highest BCUT2D eigenvalue weighted by Gasteiger charge is 2.32. The number of rotatable bonds is 11. The van der Waals surface area contributed by atoms with Gasteiger partial charge in [0.15, 0.2) is 0 Å². The molecule has 4 rings (SSSR count). The second-order valence-corrected chi connectivity index (χ2v) is 12.2. The molecule has 0 radical (unpaired) electrons. The van der Waals surface area contributed by atoms with Gasteiger partial charge in [0.05, 0.1) is 5.75 Å². The van der Waals surface area contributed by atoms with E-state index < -0.39 is 6.04 Å². The van der Waals surface area contributed by atoms with Crippen molar-refractivity contribution >= 4 is 46.8 Å². The van der Waals surface area contributed by atoms with Crippen LogP contribution in [0.5, 0.6) is 0 Å². The summed E-state index contributed by atoms with van der Waals surface area (Å²) in [5.74, 6) is 0.730. The van der Waals surface area contributed by atoms with Gasteiger partial charge >= 0.3 is 0 Å². The molecule has 206 valence electrons. The lowest BCUT2D eigenvalue weighted by Gasteiger charge is -2.33. The Balaban J connectivity index is 1.60. The van der Waals surface area contributed by atoms with Crippen LogP contribution in [0.1, 0.15) is 53.5 Å². The van der Waals surface area contributed by atoms with Crippen molar-refractivity contribution < 1.29 is 9.59 Å². The van der Waals surface area contributed by atoms with Crippen LogP contribution in [0.2, 0.25) is 10.0 Å². The molecule has 0 aromatic heterocycles. The first-order chi connectivity index (χ1) is 18.8. The Bertz CT molecular complexity index is 1240. The van der Waals surface area contributed by atoms with Gasteiger partial charge in [0.2, 0.25) is 11.8 Å². The molecule has 0 aliphatic heterocycles. The van der Waals surface area contributed by atoms with Crippen molar-refractivity contribution in [3.05, 3.63) is 105 Å². The van der Waals surface area contributed by atoms with Crippen molar-refractivity contribution in [2.75, 3.05) is 5.75 Å². The molecule has 7 heteroatoms. The number of amides is 2. The zero-order valence-corrected chi connectivity index (χ0v) is 24.9. The Morgan fingerprint density at radius 3 is 2.21 bits per heavy atom. The number of hydrogen-bond acceptors (Lipinski definition) is 3. The molecule has 4 nitrogen and oxygen atoms in total. The summed E-state index contributed by atoms with van der Waals surface area (Å²) in [6, 6.07) is 21.1. The summed E-state index contributed by atoms with van der Waals surface area (Å²) in [6.07, 6.45) is 4.58. The number of hydrogen-bond donors (Lipinski definition) is 1. The SMILES string of the molecule is Cc1cc(C)cc(CSCC(=O)N(Cc2c(Cl)cccc2Cl)[C@@H](Cc2ccccc2)C(=O)NC2CCCC2)c1. The van der Waals surface area contributed by atoms with Gasteiger partial charge in [-0.05, 0) is 49.9 Å². The smallest absolute Gasteiger partial charge is 0.243 e. The summed E-state index contributed by atoms with van der Waals surface area (Å²) in [5.41, 5.74) is 5.25. The minimum Gasteiger partial charge on any atom is -0.352 e. The van der Waals surface area contributed by atoms with Crippen LogP contribution in [0.25, 0.3) is 0 Å². The number of nitrogens with one attached hydrogen (secondary N) is 1. The van der Waals surface area contributed by atoms with Crippen LogP contribution in [0.3, 0.4) is 0 Å². The number of carbonyl (C=O) groups excluding carboxylic acids is 2.